The summed E-state index contributed by atoms with van der Waals surface area (Å²) in [6.07, 6.45) is 3.54. The quantitative estimate of drug-likeness (QED) is 0.118. The van der Waals surface area contributed by atoms with Gasteiger partial charge in [0.1, 0.15) is 24.7 Å². The SMILES string of the molecule is C=CCOc1ccc([C@@H]2C(C(=O)OCC)=C(C)N=c3s/c(=C\c4c(OCc5ccc(Br)cc5)ccc5ccccc45)c(=O)n32)cc1. The predicted molar refractivity (Wildman–Crippen MR) is 185 cm³/mol. The fourth-order valence-electron chi connectivity index (χ4n) is 5.43. The third kappa shape index (κ3) is 6.34. The highest BCUT2D eigenvalue weighted by Gasteiger charge is 2.33. The van der Waals surface area contributed by atoms with Crippen LogP contribution in [-0.2, 0) is 16.1 Å². The first-order chi connectivity index (χ1) is 22.4. The third-order valence-electron chi connectivity index (χ3n) is 7.59. The van der Waals surface area contributed by atoms with Gasteiger partial charge in [-0.2, -0.15) is 0 Å². The Balaban J connectivity index is 1.49. The molecule has 232 valence electrons. The Morgan fingerprint density at radius 3 is 2.52 bits per heavy atom. The van der Waals surface area contributed by atoms with Gasteiger partial charge in [0, 0.05) is 10.0 Å². The van der Waals surface area contributed by atoms with E-state index in [4.69, 9.17) is 19.2 Å². The molecule has 0 fully saturated rings. The summed E-state index contributed by atoms with van der Waals surface area (Å²) in [7, 11) is 0. The molecule has 0 spiro atoms. The summed E-state index contributed by atoms with van der Waals surface area (Å²) in [6.45, 7) is 8.15. The van der Waals surface area contributed by atoms with Gasteiger partial charge in [-0.25, -0.2) is 9.79 Å². The summed E-state index contributed by atoms with van der Waals surface area (Å²) < 4.78 is 20.5. The zero-order chi connectivity index (χ0) is 32.2. The molecule has 0 radical (unpaired) electrons. The normalized spacial score (nSPS) is 14.5. The van der Waals surface area contributed by atoms with Gasteiger partial charge in [-0.3, -0.25) is 9.36 Å². The smallest absolute Gasteiger partial charge is 0.338 e. The number of carbonyl (C=O) groups excluding carboxylic acids is 1. The average molecular weight is 696 g/mol. The molecule has 4 aromatic carbocycles. The van der Waals surface area contributed by atoms with E-state index in [-0.39, 0.29) is 12.2 Å². The second-order valence-corrected chi connectivity index (χ2v) is 12.5. The zero-order valence-electron chi connectivity index (χ0n) is 25.4. The van der Waals surface area contributed by atoms with Gasteiger partial charge in [-0.1, -0.05) is 94.5 Å². The first kappa shape index (κ1) is 31.3. The van der Waals surface area contributed by atoms with E-state index in [1.807, 2.05) is 91.0 Å². The molecule has 1 aromatic heterocycles. The number of hydrogen-bond donors (Lipinski definition) is 0. The van der Waals surface area contributed by atoms with Crippen LogP contribution in [0.5, 0.6) is 11.5 Å². The van der Waals surface area contributed by atoms with Crippen molar-refractivity contribution in [1.29, 1.82) is 0 Å². The monoisotopic (exact) mass is 694 g/mol. The number of rotatable bonds is 10. The van der Waals surface area contributed by atoms with Crippen molar-refractivity contribution in [2.45, 2.75) is 26.5 Å². The van der Waals surface area contributed by atoms with E-state index < -0.39 is 12.0 Å². The van der Waals surface area contributed by atoms with Gasteiger partial charge in [0.15, 0.2) is 4.80 Å². The van der Waals surface area contributed by atoms with E-state index in [0.29, 0.717) is 45.3 Å². The highest BCUT2D eigenvalue weighted by Crippen LogP contribution is 2.33. The molecule has 0 amide bonds. The summed E-state index contributed by atoms with van der Waals surface area (Å²) >= 11 is 4.76. The lowest BCUT2D eigenvalue weighted by atomic mass is 9.96. The standard InChI is InChI=1S/C37H31BrN2O5S/c1-4-20-44-28-17-12-26(13-18-28)34-33(36(42)43-5-2)23(3)39-37-40(34)35(41)32(46-37)21-30-29-9-7-6-8-25(29)14-19-31(30)45-22-24-10-15-27(38)16-11-24/h4,6-19,21,34H,1,5,20,22H2,2-3H3/b32-21-/t34-/m1/s1. The van der Waals surface area contributed by atoms with Gasteiger partial charge in [-0.15, -0.1) is 0 Å². The fourth-order valence-corrected chi connectivity index (χ4v) is 6.72. The molecular weight excluding hydrogens is 664 g/mol. The maximum absolute atomic E-state index is 14.3. The molecule has 1 aliphatic heterocycles. The number of fused-ring (bicyclic) bond motifs is 2. The molecule has 5 aromatic rings. The molecule has 9 heteroatoms. The maximum atomic E-state index is 14.3. The van der Waals surface area contributed by atoms with Crippen LogP contribution >= 0.6 is 27.3 Å². The average Bonchev–Trinajstić information content (AvgIpc) is 3.37. The molecule has 0 saturated carbocycles. The number of benzene rings is 4. The largest absolute Gasteiger partial charge is 0.490 e. The first-order valence-electron chi connectivity index (χ1n) is 14.8. The van der Waals surface area contributed by atoms with Crippen molar-refractivity contribution in [3.8, 4) is 11.5 Å². The van der Waals surface area contributed by atoms with Crippen LogP contribution in [0.3, 0.4) is 0 Å². The van der Waals surface area contributed by atoms with E-state index in [1.54, 1.807) is 24.5 Å². The zero-order valence-corrected chi connectivity index (χ0v) is 27.8. The minimum absolute atomic E-state index is 0.200. The summed E-state index contributed by atoms with van der Waals surface area (Å²) in [5, 5.41) is 1.98. The lowest BCUT2D eigenvalue weighted by Gasteiger charge is -2.24. The van der Waals surface area contributed by atoms with Crippen molar-refractivity contribution >= 4 is 50.1 Å². The molecule has 0 N–H and O–H groups in total. The van der Waals surface area contributed by atoms with Crippen LogP contribution in [0.2, 0.25) is 0 Å². The summed E-state index contributed by atoms with van der Waals surface area (Å²) in [4.78, 5) is 32.9. The number of carbonyl (C=O) groups is 1. The summed E-state index contributed by atoms with van der Waals surface area (Å²) in [6, 6.07) is 26.5. The molecule has 7 nitrogen and oxygen atoms in total. The van der Waals surface area contributed by atoms with Crippen molar-refractivity contribution in [1.82, 2.24) is 4.57 Å². The number of ether oxygens (including phenoxy) is 3. The highest BCUT2D eigenvalue weighted by molar-refractivity contribution is 9.10. The first-order valence-corrected chi connectivity index (χ1v) is 16.4. The number of halogens is 1. The van der Waals surface area contributed by atoms with Gasteiger partial charge in [0.05, 0.1) is 28.5 Å². The van der Waals surface area contributed by atoms with Gasteiger partial charge in [0.2, 0.25) is 0 Å². The van der Waals surface area contributed by atoms with Crippen LogP contribution in [-0.4, -0.2) is 23.8 Å². The topological polar surface area (TPSA) is 79.1 Å². The molecule has 2 heterocycles. The Labute approximate surface area is 278 Å². The Morgan fingerprint density at radius 2 is 1.78 bits per heavy atom. The van der Waals surface area contributed by atoms with Crippen LogP contribution in [0.1, 0.15) is 36.6 Å². The van der Waals surface area contributed by atoms with Gasteiger partial charge in [-0.05, 0) is 72.2 Å². The van der Waals surface area contributed by atoms with Gasteiger partial charge in [0.25, 0.3) is 5.56 Å². The van der Waals surface area contributed by atoms with Crippen LogP contribution < -0.4 is 24.4 Å². The van der Waals surface area contributed by atoms with Crippen LogP contribution in [0.15, 0.2) is 123 Å². The highest BCUT2D eigenvalue weighted by atomic mass is 79.9. The minimum Gasteiger partial charge on any atom is -0.490 e. The van der Waals surface area contributed by atoms with Crippen LogP contribution in [0, 0.1) is 0 Å². The second kappa shape index (κ2) is 13.7. The van der Waals surface area contributed by atoms with Crippen molar-refractivity contribution in [2.24, 2.45) is 4.99 Å². The third-order valence-corrected chi connectivity index (χ3v) is 9.11. The molecule has 1 atom stereocenters. The fraction of sp³-hybridized carbons (Fsp3) is 0.162. The van der Waals surface area contributed by atoms with Crippen molar-refractivity contribution in [3.63, 3.8) is 0 Å². The summed E-state index contributed by atoms with van der Waals surface area (Å²) in [5.74, 6) is 0.802. The molecule has 6 rings (SSSR count). The molecular formula is C37H31BrN2O5S. The molecule has 0 bridgehead atoms. The number of nitrogens with zero attached hydrogens (tertiary/aromatic N) is 2. The van der Waals surface area contributed by atoms with E-state index in [2.05, 4.69) is 22.5 Å². The van der Waals surface area contributed by atoms with Gasteiger partial charge < -0.3 is 14.2 Å². The number of aromatic nitrogens is 1. The Morgan fingerprint density at radius 1 is 1.02 bits per heavy atom. The van der Waals surface area contributed by atoms with E-state index in [1.165, 1.54) is 11.3 Å². The Bertz CT molecular complexity index is 2150. The lowest BCUT2D eigenvalue weighted by Crippen LogP contribution is -2.39. The number of esters is 1. The summed E-state index contributed by atoms with van der Waals surface area (Å²) in [5.41, 5.74) is 3.12. The molecule has 46 heavy (non-hydrogen) atoms. The second-order valence-electron chi connectivity index (χ2n) is 10.6. The minimum atomic E-state index is -0.730. The Kier molecular flexibility index (Phi) is 9.33. The lowest BCUT2D eigenvalue weighted by molar-refractivity contribution is -0.139. The maximum Gasteiger partial charge on any atom is 0.338 e. The van der Waals surface area contributed by atoms with Crippen molar-refractivity contribution < 1.29 is 19.0 Å². The molecule has 1 aliphatic rings. The van der Waals surface area contributed by atoms with Crippen LogP contribution in [0.4, 0.5) is 0 Å². The van der Waals surface area contributed by atoms with E-state index >= 15 is 0 Å². The van der Waals surface area contributed by atoms with Crippen molar-refractivity contribution in [2.75, 3.05) is 13.2 Å². The van der Waals surface area contributed by atoms with E-state index in [0.717, 1.165) is 31.9 Å². The van der Waals surface area contributed by atoms with Crippen molar-refractivity contribution in [3.05, 3.63) is 150 Å². The van der Waals surface area contributed by atoms with Crippen LogP contribution in [0.25, 0.3) is 16.8 Å². The molecule has 0 aliphatic carbocycles. The Hall–Kier alpha value is -4.73. The van der Waals surface area contributed by atoms with Gasteiger partial charge >= 0.3 is 5.97 Å². The van der Waals surface area contributed by atoms with E-state index in [9.17, 15) is 9.59 Å². The number of thiazole rings is 1. The number of allylic oxidation sites excluding steroid dienone is 1. The molecule has 0 saturated heterocycles. The predicted octanol–water partition coefficient (Wildman–Crippen LogP) is 6.86. The number of hydrogen-bond acceptors (Lipinski definition) is 7. The molecule has 0 unspecified atom stereocenters.